The monoisotopic (exact) mass is 249 g/mol. The molecule has 1 rings (SSSR count). The number of hydrogen-bond donors (Lipinski definition) is 1. The maximum atomic E-state index is 12.2. The van der Waals surface area contributed by atoms with Crippen LogP contribution in [0.3, 0.4) is 0 Å². The first-order valence-electron chi connectivity index (χ1n) is 5.91. The summed E-state index contributed by atoms with van der Waals surface area (Å²) < 4.78 is 4.94. The number of methoxy groups -OCH3 is 1. The Hall–Kier alpha value is -1.97. The van der Waals surface area contributed by atoms with Gasteiger partial charge in [0.25, 0.3) is 5.91 Å². The largest absolute Gasteiger partial charge is 0.504 e. The van der Waals surface area contributed by atoms with Crippen molar-refractivity contribution >= 4 is 5.91 Å². The number of phenolic OH excluding ortho intramolecular Hbond substituents is 1. The number of ether oxygens (including phenoxy) is 1. The van der Waals surface area contributed by atoms with E-state index < -0.39 is 0 Å². The molecular formula is C14H19NO3. The third-order valence-corrected chi connectivity index (χ3v) is 2.56. The molecule has 0 aliphatic carbocycles. The van der Waals surface area contributed by atoms with Crippen LogP contribution in [-0.2, 0) is 0 Å². The van der Waals surface area contributed by atoms with Gasteiger partial charge in [0.15, 0.2) is 11.5 Å². The molecule has 0 radical (unpaired) electrons. The van der Waals surface area contributed by atoms with Gasteiger partial charge in [0.2, 0.25) is 0 Å². The Morgan fingerprint density at radius 2 is 2.28 bits per heavy atom. The Morgan fingerprint density at radius 1 is 1.56 bits per heavy atom. The Bertz CT molecular complexity index is 429. The Labute approximate surface area is 107 Å². The van der Waals surface area contributed by atoms with E-state index in [4.69, 9.17) is 4.74 Å². The van der Waals surface area contributed by atoms with Crippen LogP contribution in [0.1, 0.15) is 23.7 Å². The molecule has 1 amide bonds. The highest BCUT2D eigenvalue weighted by molar-refractivity contribution is 5.95. The van der Waals surface area contributed by atoms with Gasteiger partial charge in [-0.1, -0.05) is 13.0 Å². The molecule has 0 heterocycles. The molecule has 0 spiro atoms. The number of aromatic hydroxyl groups is 1. The second-order valence-electron chi connectivity index (χ2n) is 3.93. The minimum absolute atomic E-state index is 0.0293. The summed E-state index contributed by atoms with van der Waals surface area (Å²) in [6, 6.07) is 4.65. The first-order valence-corrected chi connectivity index (χ1v) is 5.91. The van der Waals surface area contributed by atoms with Crippen molar-refractivity contribution in [3.8, 4) is 11.5 Å². The van der Waals surface area contributed by atoms with Gasteiger partial charge in [-0.15, -0.1) is 6.58 Å². The van der Waals surface area contributed by atoms with Gasteiger partial charge in [-0.3, -0.25) is 4.79 Å². The van der Waals surface area contributed by atoms with Crippen LogP contribution < -0.4 is 4.74 Å². The number of carbonyl (C=O) groups excluding carboxylic acids is 1. The minimum atomic E-state index is -0.116. The molecule has 18 heavy (non-hydrogen) atoms. The smallest absolute Gasteiger partial charge is 0.254 e. The zero-order valence-corrected chi connectivity index (χ0v) is 10.8. The number of nitrogens with zero attached hydrogens (tertiary/aromatic N) is 1. The van der Waals surface area contributed by atoms with Crippen molar-refractivity contribution in [2.45, 2.75) is 13.3 Å². The molecule has 0 aromatic heterocycles. The molecule has 0 saturated carbocycles. The minimum Gasteiger partial charge on any atom is -0.504 e. The summed E-state index contributed by atoms with van der Waals surface area (Å²) in [4.78, 5) is 13.9. The second kappa shape index (κ2) is 6.69. The zero-order valence-electron chi connectivity index (χ0n) is 10.8. The summed E-state index contributed by atoms with van der Waals surface area (Å²) in [5.74, 6) is 0.213. The molecule has 1 aromatic carbocycles. The lowest BCUT2D eigenvalue weighted by molar-refractivity contribution is 0.0773. The molecule has 4 heteroatoms. The van der Waals surface area contributed by atoms with Crippen LogP contribution in [0, 0.1) is 0 Å². The van der Waals surface area contributed by atoms with Crippen molar-refractivity contribution in [2.24, 2.45) is 0 Å². The van der Waals surface area contributed by atoms with Gasteiger partial charge in [-0.05, 0) is 24.6 Å². The van der Waals surface area contributed by atoms with E-state index in [0.29, 0.717) is 24.4 Å². The van der Waals surface area contributed by atoms with Gasteiger partial charge in [-0.25, -0.2) is 0 Å². The molecule has 0 saturated heterocycles. The predicted molar refractivity (Wildman–Crippen MR) is 71.1 cm³/mol. The van der Waals surface area contributed by atoms with E-state index in [1.165, 1.54) is 13.2 Å². The fourth-order valence-electron chi connectivity index (χ4n) is 1.71. The quantitative estimate of drug-likeness (QED) is 0.788. The van der Waals surface area contributed by atoms with E-state index in [9.17, 15) is 9.90 Å². The van der Waals surface area contributed by atoms with Crippen molar-refractivity contribution in [1.29, 1.82) is 0 Å². The van der Waals surface area contributed by atoms with Crippen molar-refractivity contribution in [1.82, 2.24) is 4.90 Å². The van der Waals surface area contributed by atoms with Crippen LogP contribution in [0.15, 0.2) is 30.9 Å². The molecule has 0 aliphatic rings. The number of benzene rings is 1. The average molecular weight is 249 g/mol. The van der Waals surface area contributed by atoms with Gasteiger partial charge < -0.3 is 14.7 Å². The average Bonchev–Trinajstić information content (AvgIpc) is 2.37. The SMILES string of the molecule is C=CCN(CCC)C(=O)c1ccc(OC)c(O)c1. The highest BCUT2D eigenvalue weighted by Crippen LogP contribution is 2.26. The molecule has 0 unspecified atom stereocenters. The van der Waals surface area contributed by atoms with Gasteiger partial charge in [0.05, 0.1) is 7.11 Å². The highest BCUT2D eigenvalue weighted by atomic mass is 16.5. The molecule has 98 valence electrons. The lowest BCUT2D eigenvalue weighted by atomic mass is 10.1. The first-order chi connectivity index (χ1) is 8.63. The molecule has 4 nitrogen and oxygen atoms in total. The standard InChI is InChI=1S/C14H19NO3/c1-4-8-15(9-5-2)14(17)11-6-7-13(18-3)12(16)10-11/h4,6-7,10,16H,1,5,8-9H2,2-3H3. The topological polar surface area (TPSA) is 49.8 Å². The Kier molecular flexibility index (Phi) is 5.24. The van der Waals surface area contributed by atoms with Crippen LogP contribution in [-0.4, -0.2) is 36.1 Å². The fraction of sp³-hybridized carbons (Fsp3) is 0.357. The summed E-state index contributed by atoms with van der Waals surface area (Å²) in [6.45, 7) is 6.81. The normalized spacial score (nSPS) is 9.89. The maximum absolute atomic E-state index is 12.2. The lowest BCUT2D eigenvalue weighted by Crippen LogP contribution is -2.31. The van der Waals surface area contributed by atoms with Crippen LogP contribution in [0.5, 0.6) is 11.5 Å². The number of amides is 1. The van der Waals surface area contributed by atoms with Crippen molar-refractivity contribution in [3.63, 3.8) is 0 Å². The highest BCUT2D eigenvalue weighted by Gasteiger charge is 2.15. The third-order valence-electron chi connectivity index (χ3n) is 2.56. The Balaban J connectivity index is 2.93. The molecule has 0 fully saturated rings. The molecule has 1 N–H and O–H groups in total. The Morgan fingerprint density at radius 3 is 2.78 bits per heavy atom. The van der Waals surface area contributed by atoms with E-state index >= 15 is 0 Å². The van der Waals surface area contributed by atoms with Crippen molar-refractivity contribution in [2.75, 3.05) is 20.2 Å². The summed E-state index contributed by atoms with van der Waals surface area (Å²) in [5, 5.41) is 9.67. The van der Waals surface area contributed by atoms with Crippen LogP contribution in [0.2, 0.25) is 0 Å². The summed E-state index contributed by atoms with van der Waals surface area (Å²) in [7, 11) is 1.47. The van der Waals surface area contributed by atoms with Gasteiger partial charge in [0, 0.05) is 18.7 Å². The van der Waals surface area contributed by atoms with Crippen molar-refractivity contribution in [3.05, 3.63) is 36.4 Å². The zero-order chi connectivity index (χ0) is 13.5. The first kappa shape index (κ1) is 14.1. The molecule has 0 atom stereocenters. The number of rotatable bonds is 6. The van der Waals surface area contributed by atoms with E-state index in [2.05, 4.69) is 6.58 Å². The van der Waals surface area contributed by atoms with Gasteiger partial charge in [-0.2, -0.15) is 0 Å². The second-order valence-corrected chi connectivity index (χ2v) is 3.93. The number of hydrogen-bond acceptors (Lipinski definition) is 3. The lowest BCUT2D eigenvalue weighted by Gasteiger charge is -2.20. The van der Waals surface area contributed by atoms with Gasteiger partial charge >= 0.3 is 0 Å². The van der Waals surface area contributed by atoms with E-state index in [-0.39, 0.29) is 11.7 Å². The summed E-state index contributed by atoms with van der Waals surface area (Å²) >= 11 is 0. The molecule has 0 aliphatic heterocycles. The van der Waals surface area contributed by atoms with Crippen LogP contribution in [0.25, 0.3) is 0 Å². The van der Waals surface area contributed by atoms with E-state index in [0.717, 1.165) is 6.42 Å². The van der Waals surface area contributed by atoms with Gasteiger partial charge in [0.1, 0.15) is 0 Å². The summed E-state index contributed by atoms with van der Waals surface area (Å²) in [6.07, 6.45) is 2.57. The number of phenols is 1. The van der Waals surface area contributed by atoms with Crippen molar-refractivity contribution < 1.29 is 14.6 Å². The van der Waals surface area contributed by atoms with Crippen LogP contribution >= 0.6 is 0 Å². The van der Waals surface area contributed by atoms with E-state index in [1.54, 1.807) is 23.1 Å². The third kappa shape index (κ3) is 3.26. The van der Waals surface area contributed by atoms with Crippen LogP contribution in [0.4, 0.5) is 0 Å². The molecule has 0 bridgehead atoms. The molecule has 1 aromatic rings. The number of carbonyl (C=O) groups is 1. The molecular weight excluding hydrogens is 230 g/mol. The summed E-state index contributed by atoms with van der Waals surface area (Å²) in [5.41, 5.74) is 0.448. The predicted octanol–water partition coefficient (Wildman–Crippen LogP) is 2.44. The van der Waals surface area contributed by atoms with E-state index in [1.807, 2.05) is 6.92 Å². The maximum Gasteiger partial charge on any atom is 0.254 e. The fourth-order valence-corrected chi connectivity index (χ4v) is 1.71.